The average molecular weight is 494 g/mol. The Morgan fingerprint density at radius 3 is 2.64 bits per heavy atom. The number of aliphatic hydroxyl groups is 1. The van der Waals surface area contributed by atoms with Crippen LogP contribution in [-0.4, -0.2) is 35.5 Å². The number of allylic oxidation sites excluding steroid dienone is 2. The first-order valence-corrected chi connectivity index (χ1v) is 12.2. The van der Waals surface area contributed by atoms with E-state index in [0.29, 0.717) is 30.5 Å². The predicted molar refractivity (Wildman–Crippen MR) is 136 cm³/mol. The highest BCUT2D eigenvalue weighted by Crippen LogP contribution is 2.46. The summed E-state index contributed by atoms with van der Waals surface area (Å²) in [5.74, 6) is -0.711. The van der Waals surface area contributed by atoms with Gasteiger partial charge in [0.15, 0.2) is 0 Å². The van der Waals surface area contributed by atoms with Crippen LogP contribution < -0.4 is 5.32 Å². The number of carbonyl (C=O) groups is 2. The maximum atomic E-state index is 14.1. The Balaban J connectivity index is 1.63. The fourth-order valence-electron chi connectivity index (χ4n) is 4.96. The summed E-state index contributed by atoms with van der Waals surface area (Å²) in [4.78, 5) is 24.4. The number of benzene rings is 2. The van der Waals surface area contributed by atoms with E-state index in [1.165, 1.54) is 6.07 Å². The summed E-state index contributed by atoms with van der Waals surface area (Å²) in [5, 5.41) is 12.7. The molecule has 1 saturated heterocycles. The molecule has 1 amide bonds. The van der Waals surface area contributed by atoms with Gasteiger partial charge < -0.3 is 14.6 Å². The lowest BCUT2D eigenvalue weighted by atomic mass is 9.69. The minimum absolute atomic E-state index is 0.00268. The van der Waals surface area contributed by atoms with Gasteiger partial charge in [0, 0.05) is 18.5 Å². The Morgan fingerprint density at radius 2 is 1.94 bits per heavy atom. The highest BCUT2D eigenvalue weighted by molar-refractivity contribution is 5.85. The second-order valence-electron chi connectivity index (χ2n) is 10.1. The number of nitrogens with one attached hydrogen (secondary N) is 1. The van der Waals surface area contributed by atoms with Gasteiger partial charge in [-0.3, -0.25) is 10.1 Å². The third-order valence-electron chi connectivity index (χ3n) is 6.69. The largest absolute Gasteiger partial charge is 0.458 e. The first kappa shape index (κ1) is 25.6. The summed E-state index contributed by atoms with van der Waals surface area (Å²) in [7, 11) is 0. The van der Waals surface area contributed by atoms with Gasteiger partial charge in [0.05, 0.1) is 12.5 Å². The Bertz CT molecular complexity index is 1190. The molecule has 1 aliphatic heterocycles. The number of cyclic esters (lactones) is 1. The number of esters is 1. The smallest absolute Gasteiger partial charge is 0.411 e. The quantitative estimate of drug-likeness (QED) is 0.503. The van der Waals surface area contributed by atoms with Gasteiger partial charge in [0.1, 0.15) is 18.0 Å². The fraction of sp³-hybridized carbons (Fsp3) is 0.379. The number of rotatable bonds is 5. The highest BCUT2D eigenvalue weighted by atomic mass is 19.1. The molecule has 190 valence electrons. The van der Waals surface area contributed by atoms with Crippen molar-refractivity contribution in [3.05, 3.63) is 83.2 Å². The Kier molecular flexibility index (Phi) is 7.59. The van der Waals surface area contributed by atoms with Crippen molar-refractivity contribution in [3.8, 4) is 0 Å². The van der Waals surface area contributed by atoms with Gasteiger partial charge in [0.2, 0.25) is 0 Å². The van der Waals surface area contributed by atoms with Gasteiger partial charge in [-0.1, -0.05) is 44.2 Å². The number of hydrogen-bond acceptors (Lipinski definition) is 5. The lowest BCUT2D eigenvalue weighted by Crippen LogP contribution is -2.34. The van der Waals surface area contributed by atoms with Crippen LogP contribution >= 0.6 is 0 Å². The Labute approximate surface area is 210 Å². The van der Waals surface area contributed by atoms with E-state index in [0.717, 1.165) is 16.7 Å². The third kappa shape index (κ3) is 6.21. The molecule has 0 bridgehead atoms. The molecule has 1 aliphatic carbocycles. The van der Waals surface area contributed by atoms with Crippen LogP contribution in [0.15, 0.2) is 66.3 Å². The molecule has 0 unspecified atom stereocenters. The molecule has 0 radical (unpaired) electrons. The first-order chi connectivity index (χ1) is 17.1. The number of carbonyl (C=O) groups excluding carboxylic acids is 2. The van der Waals surface area contributed by atoms with E-state index in [9.17, 15) is 19.1 Å². The maximum absolute atomic E-state index is 14.1. The van der Waals surface area contributed by atoms with E-state index in [-0.39, 0.29) is 12.2 Å². The van der Waals surface area contributed by atoms with Crippen LogP contribution in [0, 0.1) is 18.2 Å². The zero-order chi connectivity index (χ0) is 25.9. The number of hydrogen-bond donors (Lipinski definition) is 2. The van der Waals surface area contributed by atoms with Crippen LogP contribution in [0.5, 0.6) is 0 Å². The molecule has 3 atom stereocenters. The molecule has 2 aromatic carbocycles. The van der Waals surface area contributed by atoms with Crippen LogP contribution in [0.25, 0.3) is 5.57 Å². The van der Waals surface area contributed by atoms with Crippen molar-refractivity contribution < 1.29 is 28.6 Å². The zero-order valence-electron chi connectivity index (χ0n) is 20.8. The Morgan fingerprint density at radius 1 is 1.19 bits per heavy atom. The number of aryl methyl sites for hydroxylation is 1. The lowest BCUT2D eigenvalue weighted by Gasteiger charge is -2.38. The zero-order valence-corrected chi connectivity index (χ0v) is 20.8. The molecule has 1 heterocycles. The van der Waals surface area contributed by atoms with E-state index >= 15 is 0 Å². The van der Waals surface area contributed by atoms with Gasteiger partial charge in [0.25, 0.3) is 0 Å². The minimum atomic E-state index is -0.727. The minimum Gasteiger partial charge on any atom is -0.458 e. The molecule has 0 saturated carbocycles. The van der Waals surface area contributed by atoms with Crippen molar-refractivity contribution in [1.29, 1.82) is 0 Å². The summed E-state index contributed by atoms with van der Waals surface area (Å²) < 4.78 is 25.3. The molecule has 0 aromatic heterocycles. The summed E-state index contributed by atoms with van der Waals surface area (Å²) in [6, 6.07) is 14.1. The molecular formula is C29H32FNO5. The van der Waals surface area contributed by atoms with E-state index in [1.54, 1.807) is 37.3 Å². The van der Waals surface area contributed by atoms with Crippen molar-refractivity contribution in [2.75, 3.05) is 5.32 Å². The molecule has 4 rings (SSSR count). The fourth-order valence-corrected chi connectivity index (χ4v) is 4.96. The van der Waals surface area contributed by atoms with Gasteiger partial charge in [-0.05, 0) is 71.4 Å². The van der Waals surface area contributed by atoms with E-state index < -0.39 is 35.8 Å². The highest BCUT2D eigenvalue weighted by Gasteiger charge is 2.37. The van der Waals surface area contributed by atoms with Gasteiger partial charge >= 0.3 is 12.1 Å². The number of para-hydroxylation sites is 1. The average Bonchev–Trinajstić information content (AvgIpc) is 2.79. The molecular weight excluding hydrogens is 461 g/mol. The topological polar surface area (TPSA) is 84.9 Å². The summed E-state index contributed by atoms with van der Waals surface area (Å²) in [6.07, 6.45) is 2.93. The van der Waals surface area contributed by atoms with E-state index in [4.69, 9.17) is 9.47 Å². The number of ether oxygens (including phenoxy) is 2. The van der Waals surface area contributed by atoms with Gasteiger partial charge in [-0.15, -0.1) is 0 Å². The van der Waals surface area contributed by atoms with Crippen molar-refractivity contribution in [1.82, 2.24) is 0 Å². The standard InChI is InChI=1S/C29H32FNO5/c1-18-13-19(9-12-26(18)30)24-16-23(36-28(34)31-20-7-5-4-6-8-20)17-29(2,3)25(24)11-10-22-14-21(32)15-27(33)35-22/h4-13,21-23,32H,14-17H2,1-3H3,(H,31,34)/b11-10+/t21-,22-,23-/m1/s1. The monoisotopic (exact) mass is 493 g/mol. The molecule has 2 aromatic rings. The Hall–Kier alpha value is -3.45. The summed E-state index contributed by atoms with van der Waals surface area (Å²) in [6.45, 7) is 5.85. The molecule has 2 N–H and O–H groups in total. The second kappa shape index (κ2) is 10.7. The molecule has 2 aliphatic rings. The first-order valence-electron chi connectivity index (χ1n) is 12.2. The van der Waals surface area contributed by atoms with Crippen LogP contribution in [0.3, 0.4) is 0 Å². The lowest BCUT2D eigenvalue weighted by molar-refractivity contribution is -0.156. The van der Waals surface area contributed by atoms with Crippen LogP contribution in [0.2, 0.25) is 0 Å². The van der Waals surface area contributed by atoms with Crippen molar-refractivity contribution in [2.24, 2.45) is 5.41 Å². The van der Waals surface area contributed by atoms with Gasteiger partial charge in [-0.25, -0.2) is 9.18 Å². The molecule has 0 spiro atoms. The molecule has 1 fully saturated rings. The SMILES string of the molecule is Cc1cc(C2=C(/C=C/[C@@H]3C[C@@H](O)CC(=O)O3)C(C)(C)C[C@H](OC(=O)Nc3ccccc3)C2)ccc1F. The maximum Gasteiger partial charge on any atom is 0.411 e. The third-order valence-corrected chi connectivity index (χ3v) is 6.69. The van der Waals surface area contributed by atoms with Crippen LogP contribution in [-0.2, 0) is 14.3 Å². The predicted octanol–water partition coefficient (Wildman–Crippen LogP) is 5.95. The van der Waals surface area contributed by atoms with Crippen LogP contribution in [0.1, 0.15) is 50.7 Å². The van der Waals surface area contributed by atoms with Crippen LogP contribution in [0.4, 0.5) is 14.9 Å². The molecule has 7 heteroatoms. The van der Waals surface area contributed by atoms with Crippen molar-refractivity contribution in [2.45, 2.75) is 64.8 Å². The number of anilines is 1. The number of amides is 1. The van der Waals surface area contributed by atoms with E-state index in [2.05, 4.69) is 19.2 Å². The molecule has 36 heavy (non-hydrogen) atoms. The van der Waals surface area contributed by atoms with Gasteiger partial charge in [-0.2, -0.15) is 0 Å². The number of halogens is 1. The normalized spacial score (nSPS) is 23.9. The summed E-state index contributed by atoms with van der Waals surface area (Å²) in [5.41, 5.74) is 3.55. The van der Waals surface area contributed by atoms with Crippen molar-refractivity contribution in [3.63, 3.8) is 0 Å². The summed E-state index contributed by atoms with van der Waals surface area (Å²) >= 11 is 0. The van der Waals surface area contributed by atoms with E-state index in [1.807, 2.05) is 24.3 Å². The second-order valence-corrected chi connectivity index (χ2v) is 10.1. The van der Waals surface area contributed by atoms with Crippen molar-refractivity contribution >= 4 is 23.3 Å². The molecule has 6 nitrogen and oxygen atoms in total. The number of aliphatic hydroxyl groups excluding tert-OH is 1.